The van der Waals surface area contributed by atoms with Crippen molar-refractivity contribution in [3.63, 3.8) is 0 Å². The number of aliphatic carboxylic acids is 1. The Morgan fingerprint density at radius 1 is 1.17 bits per heavy atom. The number of carbonyl (C=O) groups is 1. The number of carboxylic acids is 1. The number of hydrogen-bond donors (Lipinski definition) is 1. The van der Waals surface area contributed by atoms with Gasteiger partial charge in [-0.2, -0.15) is 5.26 Å². The Bertz CT molecular complexity index is 728. The van der Waals surface area contributed by atoms with Crippen molar-refractivity contribution in [3.05, 3.63) is 71.3 Å². The van der Waals surface area contributed by atoms with Gasteiger partial charge in [0, 0.05) is 18.8 Å². The average Bonchev–Trinajstić information content (AvgIpc) is 2.59. The minimum absolute atomic E-state index is 0.269. The zero-order chi connectivity index (χ0) is 16.7. The molecule has 0 aromatic heterocycles. The van der Waals surface area contributed by atoms with Crippen molar-refractivity contribution in [1.82, 2.24) is 0 Å². The van der Waals surface area contributed by atoms with Crippen LogP contribution in [0, 0.1) is 11.3 Å². The SMILES string of the molecule is CCN(Cc1ccccc1)c1ccc(C=C(C#N)C(=O)O)cc1. The molecule has 0 aliphatic heterocycles. The second-order valence-electron chi connectivity index (χ2n) is 5.07. The van der Waals surface area contributed by atoms with Crippen molar-refractivity contribution in [2.45, 2.75) is 13.5 Å². The molecule has 0 spiro atoms. The molecule has 0 fully saturated rings. The summed E-state index contributed by atoms with van der Waals surface area (Å²) in [5, 5.41) is 17.7. The van der Waals surface area contributed by atoms with Crippen molar-refractivity contribution in [1.29, 1.82) is 5.26 Å². The maximum Gasteiger partial charge on any atom is 0.346 e. The largest absolute Gasteiger partial charge is 0.477 e. The fourth-order valence-electron chi connectivity index (χ4n) is 2.28. The molecule has 0 unspecified atom stereocenters. The zero-order valence-electron chi connectivity index (χ0n) is 12.9. The van der Waals surface area contributed by atoms with Gasteiger partial charge in [0.25, 0.3) is 0 Å². The van der Waals surface area contributed by atoms with Gasteiger partial charge in [-0.15, -0.1) is 0 Å². The van der Waals surface area contributed by atoms with E-state index in [-0.39, 0.29) is 5.57 Å². The molecule has 4 nitrogen and oxygen atoms in total. The van der Waals surface area contributed by atoms with Crippen molar-refractivity contribution in [3.8, 4) is 6.07 Å². The first-order valence-corrected chi connectivity index (χ1v) is 7.38. The topological polar surface area (TPSA) is 64.3 Å². The minimum atomic E-state index is -1.21. The van der Waals surface area contributed by atoms with Crippen LogP contribution in [0.3, 0.4) is 0 Å². The monoisotopic (exact) mass is 306 g/mol. The van der Waals surface area contributed by atoms with Crippen LogP contribution in [0.25, 0.3) is 6.08 Å². The van der Waals surface area contributed by atoms with Gasteiger partial charge >= 0.3 is 5.97 Å². The van der Waals surface area contributed by atoms with Gasteiger partial charge in [0.15, 0.2) is 0 Å². The first-order valence-electron chi connectivity index (χ1n) is 7.38. The molecule has 0 radical (unpaired) electrons. The first-order chi connectivity index (χ1) is 11.1. The maximum absolute atomic E-state index is 10.9. The second kappa shape index (κ2) is 7.81. The van der Waals surface area contributed by atoms with Gasteiger partial charge in [-0.3, -0.25) is 0 Å². The van der Waals surface area contributed by atoms with Crippen LogP contribution in [-0.4, -0.2) is 17.6 Å². The minimum Gasteiger partial charge on any atom is -0.477 e. The average molecular weight is 306 g/mol. The highest BCUT2D eigenvalue weighted by Crippen LogP contribution is 2.19. The fourth-order valence-corrected chi connectivity index (χ4v) is 2.28. The lowest BCUT2D eigenvalue weighted by atomic mass is 10.1. The van der Waals surface area contributed by atoms with Gasteiger partial charge in [0.05, 0.1) is 0 Å². The molecule has 0 atom stereocenters. The summed E-state index contributed by atoms with van der Waals surface area (Å²) in [5.41, 5.74) is 2.72. The molecule has 0 aliphatic carbocycles. The molecule has 0 amide bonds. The Balaban J connectivity index is 2.17. The van der Waals surface area contributed by atoms with Crippen LogP contribution in [-0.2, 0) is 11.3 Å². The lowest BCUT2D eigenvalue weighted by Crippen LogP contribution is -2.21. The van der Waals surface area contributed by atoms with Gasteiger partial charge in [-0.1, -0.05) is 42.5 Å². The molecular formula is C19H18N2O2. The lowest BCUT2D eigenvalue weighted by Gasteiger charge is -2.23. The lowest BCUT2D eigenvalue weighted by molar-refractivity contribution is -0.132. The Morgan fingerprint density at radius 2 is 1.83 bits per heavy atom. The summed E-state index contributed by atoms with van der Waals surface area (Å²) in [5.74, 6) is -1.21. The second-order valence-corrected chi connectivity index (χ2v) is 5.07. The van der Waals surface area contributed by atoms with Gasteiger partial charge in [-0.05, 0) is 36.3 Å². The van der Waals surface area contributed by atoms with E-state index in [0.29, 0.717) is 5.56 Å². The number of rotatable bonds is 6. The Hall–Kier alpha value is -3.06. The summed E-state index contributed by atoms with van der Waals surface area (Å²) < 4.78 is 0. The third-order valence-corrected chi connectivity index (χ3v) is 3.52. The van der Waals surface area contributed by atoms with Crippen LogP contribution >= 0.6 is 0 Å². The normalized spacial score (nSPS) is 10.9. The van der Waals surface area contributed by atoms with Gasteiger partial charge in [0.1, 0.15) is 11.6 Å². The predicted molar refractivity (Wildman–Crippen MR) is 90.8 cm³/mol. The molecular weight excluding hydrogens is 288 g/mol. The molecule has 2 aromatic rings. The highest BCUT2D eigenvalue weighted by molar-refractivity contribution is 5.96. The molecule has 0 saturated carbocycles. The zero-order valence-corrected chi connectivity index (χ0v) is 12.9. The number of hydrogen-bond acceptors (Lipinski definition) is 3. The summed E-state index contributed by atoms with van der Waals surface area (Å²) in [4.78, 5) is 13.1. The van der Waals surface area contributed by atoms with Gasteiger partial charge in [0.2, 0.25) is 0 Å². The molecule has 23 heavy (non-hydrogen) atoms. The van der Waals surface area contributed by atoms with Crippen LogP contribution in [0.1, 0.15) is 18.1 Å². The molecule has 4 heteroatoms. The maximum atomic E-state index is 10.9. The van der Waals surface area contributed by atoms with Crippen LogP contribution < -0.4 is 4.90 Å². The van der Waals surface area contributed by atoms with Crippen LogP contribution in [0.15, 0.2) is 60.2 Å². The third-order valence-electron chi connectivity index (χ3n) is 3.52. The van der Waals surface area contributed by atoms with E-state index in [2.05, 4.69) is 24.0 Å². The Morgan fingerprint density at radius 3 is 2.35 bits per heavy atom. The highest BCUT2D eigenvalue weighted by Gasteiger charge is 2.07. The van der Waals surface area contributed by atoms with Crippen molar-refractivity contribution >= 4 is 17.7 Å². The fraction of sp³-hybridized carbons (Fsp3) is 0.158. The van der Waals surface area contributed by atoms with Gasteiger partial charge < -0.3 is 10.0 Å². The molecule has 1 N–H and O–H groups in total. The Kier molecular flexibility index (Phi) is 5.54. The van der Waals surface area contributed by atoms with Crippen LogP contribution in [0.5, 0.6) is 0 Å². The van der Waals surface area contributed by atoms with Crippen molar-refractivity contribution < 1.29 is 9.90 Å². The molecule has 0 bridgehead atoms. The van der Waals surface area contributed by atoms with Crippen molar-refractivity contribution in [2.24, 2.45) is 0 Å². The third kappa shape index (κ3) is 4.45. The number of benzene rings is 2. The quantitative estimate of drug-likeness (QED) is 0.653. The number of nitriles is 1. The smallest absolute Gasteiger partial charge is 0.346 e. The van der Waals surface area contributed by atoms with E-state index in [4.69, 9.17) is 10.4 Å². The van der Waals surface area contributed by atoms with Crippen molar-refractivity contribution in [2.75, 3.05) is 11.4 Å². The number of carboxylic acid groups (broad SMARTS) is 1. The molecule has 0 saturated heterocycles. The van der Waals surface area contributed by atoms with E-state index < -0.39 is 5.97 Å². The molecule has 2 rings (SSSR count). The predicted octanol–water partition coefficient (Wildman–Crippen LogP) is 3.70. The van der Waals surface area contributed by atoms with E-state index in [1.165, 1.54) is 11.6 Å². The van der Waals surface area contributed by atoms with E-state index in [0.717, 1.165) is 18.8 Å². The summed E-state index contributed by atoms with van der Waals surface area (Å²) in [6.45, 7) is 3.77. The molecule has 116 valence electrons. The summed E-state index contributed by atoms with van der Waals surface area (Å²) in [6, 6.07) is 19.4. The summed E-state index contributed by atoms with van der Waals surface area (Å²) >= 11 is 0. The standard InChI is InChI=1S/C19H18N2O2/c1-2-21(14-16-6-4-3-5-7-16)18-10-8-15(9-11-18)12-17(13-20)19(22)23/h3-12H,2,14H2,1H3,(H,22,23). The molecule has 0 heterocycles. The number of anilines is 1. The highest BCUT2D eigenvalue weighted by atomic mass is 16.4. The van der Waals surface area contributed by atoms with Crippen LogP contribution in [0.4, 0.5) is 5.69 Å². The van der Waals surface area contributed by atoms with Gasteiger partial charge in [-0.25, -0.2) is 4.79 Å². The summed E-state index contributed by atoms with van der Waals surface area (Å²) in [7, 11) is 0. The summed E-state index contributed by atoms with van der Waals surface area (Å²) in [6.07, 6.45) is 1.37. The van der Waals surface area contributed by atoms with E-state index >= 15 is 0 Å². The van der Waals surface area contributed by atoms with E-state index in [9.17, 15) is 4.79 Å². The molecule has 0 aliphatic rings. The first kappa shape index (κ1) is 16.3. The Labute approximate surface area is 135 Å². The number of nitrogens with zero attached hydrogens (tertiary/aromatic N) is 2. The van der Waals surface area contributed by atoms with E-state index in [1.54, 1.807) is 6.07 Å². The van der Waals surface area contributed by atoms with E-state index in [1.807, 2.05) is 42.5 Å². The molecule has 2 aromatic carbocycles. The van der Waals surface area contributed by atoms with Crippen LogP contribution in [0.2, 0.25) is 0 Å².